The number of halogens is 1. The predicted molar refractivity (Wildman–Crippen MR) is 59.5 cm³/mol. The first-order chi connectivity index (χ1) is 7.19. The van der Waals surface area contributed by atoms with Crippen molar-refractivity contribution in [2.24, 2.45) is 0 Å². The fourth-order valence-corrected chi connectivity index (χ4v) is 1.53. The number of methoxy groups -OCH3 is 2. The Morgan fingerprint density at radius 1 is 1.40 bits per heavy atom. The maximum atomic E-state index is 9.87. The zero-order chi connectivity index (χ0) is 11.3. The Kier molecular flexibility index (Phi) is 4.88. The van der Waals surface area contributed by atoms with Crippen molar-refractivity contribution in [3.05, 3.63) is 28.8 Å². The predicted octanol–water partition coefficient (Wildman–Crippen LogP) is 2.42. The van der Waals surface area contributed by atoms with E-state index in [2.05, 4.69) is 0 Å². The molecule has 0 aromatic heterocycles. The second-order valence-corrected chi connectivity index (χ2v) is 3.62. The van der Waals surface area contributed by atoms with Crippen molar-refractivity contribution in [2.75, 3.05) is 20.8 Å². The van der Waals surface area contributed by atoms with Gasteiger partial charge < -0.3 is 14.6 Å². The van der Waals surface area contributed by atoms with Crippen molar-refractivity contribution in [2.45, 2.75) is 12.5 Å². The maximum Gasteiger partial charge on any atom is 0.124 e. The number of benzene rings is 1. The molecule has 84 valence electrons. The summed E-state index contributed by atoms with van der Waals surface area (Å²) in [5, 5.41) is 10.5. The SMILES string of the molecule is COCCC(O)c1cc(Cl)ccc1OC. The first-order valence-electron chi connectivity index (χ1n) is 4.69. The summed E-state index contributed by atoms with van der Waals surface area (Å²) in [4.78, 5) is 0. The van der Waals surface area contributed by atoms with Crippen LogP contribution in [0.1, 0.15) is 18.1 Å². The van der Waals surface area contributed by atoms with Crippen LogP contribution in [0.4, 0.5) is 0 Å². The molecule has 1 unspecified atom stereocenters. The molecule has 1 aromatic carbocycles. The minimum Gasteiger partial charge on any atom is -0.496 e. The molecule has 1 aromatic rings. The number of hydrogen-bond donors (Lipinski definition) is 1. The summed E-state index contributed by atoms with van der Waals surface area (Å²) in [6.45, 7) is 0.497. The van der Waals surface area contributed by atoms with Gasteiger partial charge in [-0.15, -0.1) is 0 Å². The minimum atomic E-state index is -0.612. The fraction of sp³-hybridized carbons (Fsp3) is 0.455. The van der Waals surface area contributed by atoms with Crippen LogP contribution >= 0.6 is 11.6 Å². The van der Waals surface area contributed by atoms with E-state index in [0.717, 1.165) is 0 Å². The van der Waals surface area contributed by atoms with E-state index in [-0.39, 0.29) is 0 Å². The number of aliphatic hydroxyl groups excluding tert-OH is 1. The molecular weight excluding hydrogens is 216 g/mol. The molecule has 0 saturated carbocycles. The number of rotatable bonds is 5. The maximum absolute atomic E-state index is 9.87. The third-order valence-electron chi connectivity index (χ3n) is 2.15. The molecule has 0 bridgehead atoms. The Labute approximate surface area is 94.6 Å². The molecule has 0 fully saturated rings. The van der Waals surface area contributed by atoms with Gasteiger partial charge in [0.1, 0.15) is 5.75 Å². The highest BCUT2D eigenvalue weighted by atomic mass is 35.5. The van der Waals surface area contributed by atoms with Crippen LogP contribution in [0, 0.1) is 0 Å². The molecule has 0 radical (unpaired) electrons. The number of hydrogen-bond acceptors (Lipinski definition) is 3. The molecule has 1 rings (SSSR count). The van der Waals surface area contributed by atoms with Gasteiger partial charge in [-0.2, -0.15) is 0 Å². The van der Waals surface area contributed by atoms with Crippen LogP contribution in [-0.2, 0) is 4.74 Å². The molecule has 3 nitrogen and oxygen atoms in total. The molecule has 0 spiro atoms. The summed E-state index contributed by atoms with van der Waals surface area (Å²) in [5.74, 6) is 0.642. The Hall–Kier alpha value is -0.770. The van der Waals surface area contributed by atoms with Gasteiger partial charge in [-0.25, -0.2) is 0 Å². The Morgan fingerprint density at radius 2 is 2.13 bits per heavy atom. The van der Waals surface area contributed by atoms with Gasteiger partial charge in [0, 0.05) is 30.7 Å². The lowest BCUT2D eigenvalue weighted by Gasteiger charge is -2.14. The lowest BCUT2D eigenvalue weighted by atomic mass is 10.1. The molecule has 15 heavy (non-hydrogen) atoms. The number of aliphatic hydroxyl groups is 1. The Bertz CT molecular complexity index is 315. The summed E-state index contributed by atoms with van der Waals surface area (Å²) in [5.41, 5.74) is 0.696. The van der Waals surface area contributed by atoms with Crippen LogP contribution in [0.3, 0.4) is 0 Å². The third-order valence-corrected chi connectivity index (χ3v) is 2.38. The summed E-state index contributed by atoms with van der Waals surface area (Å²) >= 11 is 5.85. The molecule has 0 aliphatic heterocycles. The average Bonchev–Trinajstić information content (AvgIpc) is 2.25. The van der Waals surface area contributed by atoms with Gasteiger partial charge in [0.05, 0.1) is 13.2 Å². The fourth-order valence-electron chi connectivity index (χ4n) is 1.35. The number of ether oxygens (including phenoxy) is 2. The lowest BCUT2D eigenvalue weighted by molar-refractivity contribution is 0.108. The molecule has 1 N–H and O–H groups in total. The molecule has 0 amide bonds. The second-order valence-electron chi connectivity index (χ2n) is 3.18. The van der Waals surface area contributed by atoms with Crippen molar-refractivity contribution >= 4 is 11.6 Å². The van der Waals surface area contributed by atoms with Crippen molar-refractivity contribution < 1.29 is 14.6 Å². The Morgan fingerprint density at radius 3 is 2.73 bits per heavy atom. The quantitative estimate of drug-likeness (QED) is 0.845. The van der Waals surface area contributed by atoms with E-state index in [9.17, 15) is 5.11 Å². The average molecular weight is 231 g/mol. The zero-order valence-electron chi connectivity index (χ0n) is 8.87. The monoisotopic (exact) mass is 230 g/mol. The summed E-state index contributed by atoms with van der Waals surface area (Å²) < 4.78 is 10.0. The van der Waals surface area contributed by atoms with E-state index in [4.69, 9.17) is 21.1 Å². The molecule has 4 heteroatoms. The van der Waals surface area contributed by atoms with Gasteiger partial charge in [-0.05, 0) is 18.2 Å². The molecule has 0 aliphatic rings. The van der Waals surface area contributed by atoms with Gasteiger partial charge in [-0.3, -0.25) is 0 Å². The molecular formula is C11H15ClO3. The molecule has 0 aliphatic carbocycles. The first-order valence-corrected chi connectivity index (χ1v) is 5.07. The normalized spacial score (nSPS) is 12.5. The van der Waals surface area contributed by atoms with Gasteiger partial charge in [0.25, 0.3) is 0 Å². The minimum absolute atomic E-state index is 0.497. The van der Waals surface area contributed by atoms with Crippen LogP contribution in [-0.4, -0.2) is 25.9 Å². The molecule has 1 atom stereocenters. The summed E-state index contributed by atoms with van der Waals surface area (Å²) in [7, 11) is 3.16. The second kappa shape index (κ2) is 5.95. The van der Waals surface area contributed by atoms with Gasteiger partial charge >= 0.3 is 0 Å². The van der Waals surface area contributed by atoms with E-state index >= 15 is 0 Å². The van der Waals surface area contributed by atoms with E-state index in [1.807, 2.05) is 0 Å². The topological polar surface area (TPSA) is 38.7 Å². The van der Waals surface area contributed by atoms with Crippen LogP contribution in [0.15, 0.2) is 18.2 Å². The smallest absolute Gasteiger partial charge is 0.124 e. The highest BCUT2D eigenvalue weighted by molar-refractivity contribution is 6.30. The van der Waals surface area contributed by atoms with E-state index in [0.29, 0.717) is 29.4 Å². The standard InChI is InChI=1S/C11H15ClO3/c1-14-6-5-10(13)9-7-8(12)3-4-11(9)15-2/h3-4,7,10,13H,5-6H2,1-2H3. The Balaban J connectivity index is 2.85. The van der Waals surface area contributed by atoms with Crippen molar-refractivity contribution in [3.63, 3.8) is 0 Å². The van der Waals surface area contributed by atoms with E-state index in [1.54, 1.807) is 32.4 Å². The van der Waals surface area contributed by atoms with Gasteiger partial charge in [0.2, 0.25) is 0 Å². The highest BCUT2D eigenvalue weighted by Gasteiger charge is 2.13. The molecule has 0 saturated heterocycles. The van der Waals surface area contributed by atoms with E-state index < -0.39 is 6.10 Å². The van der Waals surface area contributed by atoms with Crippen LogP contribution in [0.5, 0.6) is 5.75 Å². The van der Waals surface area contributed by atoms with Crippen LogP contribution in [0.2, 0.25) is 5.02 Å². The van der Waals surface area contributed by atoms with E-state index in [1.165, 1.54) is 0 Å². The van der Waals surface area contributed by atoms with Crippen LogP contribution < -0.4 is 4.74 Å². The van der Waals surface area contributed by atoms with Crippen molar-refractivity contribution in [3.8, 4) is 5.75 Å². The largest absolute Gasteiger partial charge is 0.496 e. The summed E-state index contributed by atoms with van der Waals surface area (Å²) in [6.07, 6.45) is -0.0914. The van der Waals surface area contributed by atoms with Gasteiger partial charge in [0.15, 0.2) is 0 Å². The highest BCUT2D eigenvalue weighted by Crippen LogP contribution is 2.29. The lowest BCUT2D eigenvalue weighted by Crippen LogP contribution is -2.04. The first kappa shape index (κ1) is 12.3. The van der Waals surface area contributed by atoms with Gasteiger partial charge in [-0.1, -0.05) is 11.6 Å². The zero-order valence-corrected chi connectivity index (χ0v) is 9.62. The van der Waals surface area contributed by atoms with Crippen molar-refractivity contribution in [1.29, 1.82) is 0 Å². The third kappa shape index (κ3) is 3.38. The van der Waals surface area contributed by atoms with Crippen molar-refractivity contribution in [1.82, 2.24) is 0 Å². The summed E-state index contributed by atoms with van der Waals surface area (Å²) in [6, 6.07) is 5.18. The molecule has 0 heterocycles. The van der Waals surface area contributed by atoms with Crippen LogP contribution in [0.25, 0.3) is 0 Å².